The summed E-state index contributed by atoms with van der Waals surface area (Å²) in [5.41, 5.74) is 0.764. The largest absolute Gasteiger partial charge is 0.382 e. The zero-order valence-corrected chi connectivity index (χ0v) is 12.2. The van der Waals surface area contributed by atoms with E-state index in [2.05, 4.69) is 10.5 Å². The highest BCUT2D eigenvalue weighted by Gasteiger charge is 2.33. The van der Waals surface area contributed by atoms with Gasteiger partial charge in [0.15, 0.2) is 17.4 Å². The SMILES string of the molecule is CCNc1c(C(=O)c2cnoc2C2CC2)ccc(Cl)c1F. The number of ketones is 1. The monoisotopic (exact) mass is 308 g/mol. The molecule has 0 radical (unpaired) electrons. The molecule has 1 fully saturated rings. The van der Waals surface area contributed by atoms with Gasteiger partial charge in [-0.1, -0.05) is 16.8 Å². The standard InChI is InChI=1S/C15H14ClFN2O2/c1-2-18-13-9(5-6-11(16)12(13)17)14(20)10-7-19-21-15(10)8-3-4-8/h5-8,18H,2-4H2,1H3. The predicted molar refractivity (Wildman–Crippen MR) is 77.5 cm³/mol. The van der Waals surface area contributed by atoms with E-state index in [1.807, 2.05) is 6.92 Å². The van der Waals surface area contributed by atoms with Crippen LogP contribution in [0.25, 0.3) is 0 Å². The van der Waals surface area contributed by atoms with E-state index in [-0.39, 0.29) is 28.0 Å². The number of hydrogen-bond acceptors (Lipinski definition) is 4. The number of halogens is 2. The number of anilines is 1. The van der Waals surface area contributed by atoms with Crippen molar-refractivity contribution in [1.82, 2.24) is 5.16 Å². The molecule has 21 heavy (non-hydrogen) atoms. The lowest BCUT2D eigenvalue weighted by Crippen LogP contribution is -2.10. The molecular weight excluding hydrogens is 295 g/mol. The Hall–Kier alpha value is -1.88. The first-order chi connectivity index (χ1) is 10.1. The Bertz CT molecular complexity index is 695. The molecule has 1 aliphatic rings. The van der Waals surface area contributed by atoms with Crippen LogP contribution in [0.15, 0.2) is 22.9 Å². The summed E-state index contributed by atoms with van der Waals surface area (Å²) in [6.45, 7) is 2.31. The van der Waals surface area contributed by atoms with Gasteiger partial charge in [0.2, 0.25) is 0 Å². The van der Waals surface area contributed by atoms with Gasteiger partial charge in [0.05, 0.1) is 22.5 Å². The molecule has 1 heterocycles. The number of aromatic nitrogens is 1. The van der Waals surface area contributed by atoms with E-state index < -0.39 is 5.82 Å². The second kappa shape index (κ2) is 5.48. The van der Waals surface area contributed by atoms with Crippen molar-refractivity contribution >= 4 is 23.1 Å². The predicted octanol–water partition coefficient (Wildman–Crippen LogP) is 4.01. The van der Waals surface area contributed by atoms with E-state index >= 15 is 0 Å². The van der Waals surface area contributed by atoms with Gasteiger partial charge in [-0.2, -0.15) is 0 Å². The number of nitrogens with zero attached hydrogens (tertiary/aromatic N) is 1. The van der Waals surface area contributed by atoms with E-state index in [4.69, 9.17) is 16.1 Å². The molecule has 1 saturated carbocycles. The third-order valence-corrected chi connectivity index (χ3v) is 3.78. The second-order valence-electron chi connectivity index (χ2n) is 5.02. The highest BCUT2D eigenvalue weighted by molar-refractivity contribution is 6.31. The average Bonchev–Trinajstić information content (AvgIpc) is 3.21. The average molecular weight is 309 g/mol. The zero-order chi connectivity index (χ0) is 15.0. The molecular formula is C15H14ClFN2O2. The molecule has 4 nitrogen and oxygen atoms in total. The molecule has 0 atom stereocenters. The van der Waals surface area contributed by atoms with Gasteiger partial charge in [-0.3, -0.25) is 4.79 Å². The maximum Gasteiger partial charge on any atom is 0.200 e. The summed E-state index contributed by atoms with van der Waals surface area (Å²) in [7, 11) is 0. The van der Waals surface area contributed by atoms with Crippen LogP contribution in [0.2, 0.25) is 5.02 Å². The molecule has 1 aromatic carbocycles. The molecule has 1 N–H and O–H groups in total. The van der Waals surface area contributed by atoms with Crippen molar-refractivity contribution in [2.75, 3.05) is 11.9 Å². The van der Waals surface area contributed by atoms with Gasteiger partial charge in [0, 0.05) is 18.0 Å². The first-order valence-corrected chi connectivity index (χ1v) is 7.22. The van der Waals surface area contributed by atoms with Gasteiger partial charge >= 0.3 is 0 Å². The Morgan fingerprint density at radius 1 is 1.48 bits per heavy atom. The number of carbonyl (C=O) groups excluding carboxylic acids is 1. The van der Waals surface area contributed by atoms with Crippen LogP contribution in [0.5, 0.6) is 0 Å². The van der Waals surface area contributed by atoms with Crippen molar-refractivity contribution in [2.45, 2.75) is 25.7 Å². The summed E-state index contributed by atoms with van der Waals surface area (Å²) < 4.78 is 19.3. The maximum absolute atomic E-state index is 14.1. The quantitative estimate of drug-likeness (QED) is 0.848. The number of rotatable bonds is 5. The van der Waals surface area contributed by atoms with Crippen molar-refractivity contribution in [1.29, 1.82) is 0 Å². The summed E-state index contributed by atoms with van der Waals surface area (Å²) in [5.74, 6) is -0.0672. The van der Waals surface area contributed by atoms with Crippen LogP contribution in [0.4, 0.5) is 10.1 Å². The summed E-state index contributed by atoms with van der Waals surface area (Å²) in [6.07, 6.45) is 3.38. The van der Waals surface area contributed by atoms with Crippen molar-refractivity contribution < 1.29 is 13.7 Å². The normalized spacial score (nSPS) is 14.2. The van der Waals surface area contributed by atoms with Crippen LogP contribution in [0.1, 0.15) is 47.4 Å². The third-order valence-electron chi connectivity index (χ3n) is 3.48. The molecule has 6 heteroatoms. The summed E-state index contributed by atoms with van der Waals surface area (Å²) >= 11 is 5.79. The lowest BCUT2D eigenvalue weighted by atomic mass is 10.0. The van der Waals surface area contributed by atoms with E-state index in [9.17, 15) is 9.18 Å². The first kappa shape index (κ1) is 14.1. The minimum atomic E-state index is -0.617. The fraction of sp³-hybridized carbons (Fsp3) is 0.333. The number of hydrogen-bond donors (Lipinski definition) is 1. The van der Waals surface area contributed by atoms with Crippen LogP contribution >= 0.6 is 11.6 Å². The van der Waals surface area contributed by atoms with Crippen LogP contribution in [-0.4, -0.2) is 17.5 Å². The number of benzene rings is 1. The summed E-state index contributed by atoms with van der Waals surface area (Å²) in [5, 5.41) is 6.55. The molecule has 0 unspecified atom stereocenters. The van der Waals surface area contributed by atoms with Crippen molar-refractivity contribution in [2.24, 2.45) is 0 Å². The molecule has 0 bridgehead atoms. The molecule has 0 amide bonds. The number of carbonyl (C=O) groups is 1. The highest BCUT2D eigenvalue weighted by atomic mass is 35.5. The van der Waals surface area contributed by atoms with Gasteiger partial charge in [-0.05, 0) is 31.9 Å². The van der Waals surface area contributed by atoms with E-state index in [0.29, 0.717) is 17.9 Å². The first-order valence-electron chi connectivity index (χ1n) is 6.84. The summed E-state index contributed by atoms with van der Waals surface area (Å²) in [6, 6.07) is 2.91. The Balaban J connectivity index is 2.05. The zero-order valence-electron chi connectivity index (χ0n) is 11.5. The van der Waals surface area contributed by atoms with Gasteiger partial charge in [0.25, 0.3) is 0 Å². The smallest absolute Gasteiger partial charge is 0.200 e. The van der Waals surface area contributed by atoms with E-state index in [1.165, 1.54) is 18.3 Å². The highest BCUT2D eigenvalue weighted by Crippen LogP contribution is 2.42. The van der Waals surface area contributed by atoms with Crippen molar-refractivity contribution in [3.63, 3.8) is 0 Å². The Morgan fingerprint density at radius 2 is 2.24 bits per heavy atom. The minimum absolute atomic E-state index is 0.0183. The summed E-state index contributed by atoms with van der Waals surface area (Å²) in [4.78, 5) is 12.7. The van der Waals surface area contributed by atoms with Crippen molar-refractivity contribution in [3.05, 3.63) is 46.1 Å². The minimum Gasteiger partial charge on any atom is -0.382 e. The second-order valence-corrected chi connectivity index (χ2v) is 5.43. The maximum atomic E-state index is 14.1. The molecule has 3 rings (SSSR count). The van der Waals surface area contributed by atoms with Gasteiger partial charge in [-0.15, -0.1) is 0 Å². The number of nitrogens with one attached hydrogen (secondary N) is 1. The molecule has 2 aromatic rings. The van der Waals surface area contributed by atoms with Crippen molar-refractivity contribution in [3.8, 4) is 0 Å². The van der Waals surface area contributed by atoms with Crippen LogP contribution in [0.3, 0.4) is 0 Å². The molecule has 1 aliphatic carbocycles. The third kappa shape index (κ3) is 2.53. The lowest BCUT2D eigenvalue weighted by molar-refractivity contribution is 0.103. The molecule has 1 aromatic heterocycles. The molecule has 110 valence electrons. The molecule has 0 saturated heterocycles. The van der Waals surface area contributed by atoms with Crippen LogP contribution in [0, 0.1) is 5.82 Å². The Labute approximate surface area is 126 Å². The van der Waals surface area contributed by atoms with Gasteiger partial charge in [-0.25, -0.2) is 4.39 Å². The Morgan fingerprint density at radius 3 is 2.90 bits per heavy atom. The molecule has 0 spiro atoms. The topological polar surface area (TPSA) is 55.1 Å². The van der Waals surface area contributed by atoms with E-state index in [1.54, 1.807) is 0 Å². The fourth-order valence-electron chi connectivity index (χ4n) is 2.29. The molecule has 0 aliphatic heterocycles. The van der Waals surface area contributed by atoms with Crippen LogP contribution in [-0.2, 0) is 0 Å². The van der Waals surface area contributed by atoms with E-state index in [0.717, 1.165) is 12.8 Å². The van der Waals surface area contributed by atoms with Crippen LogP contribution < -0.4 is 5.32 Å². The van der Waals surface area contributed by atoms with Gasteiger partial charge in [0.1, 0.15) is 0 Å². The lowest BCUT2D eigenvalue weighted by Gasteiger charge is -2.11. The Kier molecular flexibility index (Phi) is 3.68. The fourth-order valence-corrected chi connectivity index (χ4v) is 2.45. The van der Waals surface area contributed by atoms with Gasteiger partial charge < -0.3 is 9.84 Å².